The molecule has 4 amide bonds. The minimum Gasteiger partial charge on any atom is -0.480 e. The number of aromatic nitrogens is 2. The van der Waals surface area contributed by atoms with Crippen LogP contribution in [0.3, 0.4) is 0 Å². The van der Waals surface area contributed by atoms with Crippen molar-refractivity contribution in [3.05, 3.63) is 18.2 Å². The highest BCUT2D eigenvalue weighted by atomic mass is 16.4. The molecule has 1 aromatic rings. The first-order valence-corrected chi connectivity index (χ1v) is 10.1. The predicted molar refractivity (Wildman–Crippen MR) is 113 cm³/mol. The van der Waals surface area contributed by atoms with Crippen molar-refractivity contribution in [1.82, 2.24) is 25.9 Å². The van der Waals surface area contributed by atoms with E-state index in [9.17, 15) is 29.1 Å². The largest absolute Gasteiger partial charge is 0.480 e. The van der Waals surface area contributed by atoms with E-state index in [1.807, 2.05) is 0 Å². The summed E-state index contributed by atoms with van der Waals surface area (Å²) in [6, 6.07) is -4.38. The second kappa shape index (κ2) is 12.4. The summed E-state index contributed by atoms with van der Waals surface area (Å²) in [6.45, 7) is 4.68. The fourth-order valence-corrected chi connectivity index (χ4v) is 2.70. The Labute approximate surface area is 185 Å². The van der Waals surface area contributed by atoms with E-state index < -0.39 is 53.8 Å². The molecule has 13 nitrogen and oxygen atoms in total. The zero-order chi connectivity index (χ0) is 24.4. The number of nitrogens with two attached hydrogens (primary N) is 2. The first kappa shape index (κ1) is 26.6. The zero-order valence-electron chi connectivity index (χ0n) is 18.3. The smallest absolute Gasteiger partial charge is 0.326 e. The fraction of sp³-hybridized carbons (Fsp3) is 0.579. The number of nitrogens with one attached hydrogen (secondary N) is 4. The van der Waals surface area contributed by atoms with Crippen LogP contribution >= 0.6 is 0 Å². The third-order valence-electron chi connectivity index (χ3n) is 4.63. The average Bonchev–Trinajstić information content (AvgIpc) is 3.21. The van der Waals surface area contributed by atoms with Crippen LogP contribution in [0, 0.1) is 5.92 Å². The summed E-state index contributed by atoms with van der Waals surface area (Å²) in [5.41, 5.74) is 11.2. The van der Waals surface area contributed by atoms with E-state index in [1.165, 1.54) is 19.4 Å². The molecule has 13 heteroatoms. The van der Waals surface area contributed by atoms with Crippen molar-refractivity contribution in [1.29, 1.82) is 0 Å². The lowest BCUT2D eigenvalue weighted by Crippen LogP contribution is -2.57. The molecule has 0 aliphatic heterocycles. The minimum atomic E-state index is -1.20. The molecule has 0 aliphatic carbocycles. The highest BCUT2D eigenvalue weighted by Gasteiger charge is 2.30. The summed E-state index contributed by atoms with van der Waals surface area (Å²) in [5.74, 6) is -4.24. The van der Waals surface area contributed by atoms with Crippen LogP contribution < -0.4 is 27.4 Å². The van der Waals surface area contributed by atoms with Crippen LogP contribution in [0.4, 0.5) is 0 Å². The number of H-pyrrole nitrogens is 1. The molecule has 9 N–H and O–H groups in total. The number of carbonyl (C=O) groups is 5. The number of carboxylic acids is 1. The van der Waals surface area contributed by atoms with Gasteiger partial charge in [0, 0.05) is 24.7 Å². The van der Waals surface area contributed by atoms with Gasteiger partial charge in [-0.2, -0.15) is 0 Å². The fourth-order valence-electron chi connectivity index (χ4n) is 2.70. The SMILES string of the molecule is CC(NC(=O)C(N)CCC(N)=O)C(=O)NC(Cc1cnc[nH]1)C(=O)NC(C(=O)O)C(C)C. The van der Waals surface area contributed by atoms with E-state index in [2.05, 4.69) is 25.9 Å². The van der Waals surface area contributed by atoms with Gasteiger partial charge in [-0.15, -0.1) is 0 Å². The maximum atomic E-state index is 12.8. The third kappa shape index (κ3) is 8.71. The Morgan fingerprint density at radius 3 is 2.22 bits per heavy atom. The maximum absolute atomic E-state index is 12.8. The summed E-state index contributed by atoms with van der Waals surface area (Å²) < 4.78 is 0. The molecule has 178 valence electrons. The van der Waals surface area contributed by atoms with E-state index >= 15 is 0 Å². The van der Waals surface area contributed by atoms with Crippen molar-refractivity contribution in [3.8, 4) is 0 Å². The molecule has 1 aromatic heterocycles. The Hall–Kier alpha value is -3.48. The molecular weight excluding hydrogens is 422 g/mol. The van der Waals surface area contributed by atoms with E-state index in [1.54, 1.807) is 13.8 Å². The van der Waals surface area contributed by atoms with E-state index in [0.717, 1.165) is 0 Å². The van der Waals surface area contributed by atoms with Gasteiger partial charge in [0.15, 0.2) is 0 Å². The van der Waals surface area contributed by atoms with Gasteiger partial charge in [0.1, 0.15) is 18.1 Å². The van der Waals surface area contributed by atoms with Crippen molar-refractivity contribution in [3.63, 3.8) is 0 Å². The first-order chi connectivity index (χ1) is 14.9. The molecule has 0 aromatic carbocycles. The topological polar surface area (TPSA) is 222 Å². The molecule has 0 spiro atoms. The van der Waals surface area contributed by atoms with E-state index in [4.69, 9.17) is 11.5 Å². The number of nitrogens with zero attached hydrogens (tertiary/aromatic N) is 1. The Morgan fingerprint density at radius 2 is 1.72 bits per heavy atom. The number of imidazole rings is 1. The summed E-state index contributed by atoms with van der Waals surface area (Å²) >= 11 is 0. The molecule has 4 atom stereocenters. The number of aliphatic carboxylic acids is 1. The number of aromatic amines is 1. The summed E-state index contributed by atoms with van der Waals surface area (Å²) in [4.78, 5) is 66.4. The summed E-state index contributed by atoms with van der Waals surface area (Å²) in [5, 5.41) is 16.7. The number of primary amides is 1. The van der Waals surface area contributed by atoms with Crippen LogP contribution in [0.15, 0.2) is 12.5 Å². The van der Waals surface area contributed by atoms with Crippen molar-refractivity contribution in [2.75, 3.05) is 0 Å². The first-order valence-electron chi connectivity index (χ1n) is 10.1. The van der Waals surface area contributed by atoms with Crippen molar-refractivity contribution < 1.29 is 29.1 Å². The predicted octanol–water partition coefficient (Wildman–Crippen LogP) is -2.24. The Morgan fingerprint density at radius 1 is 1.06 bits per heavy atom. The van der Waals surface area contributed by atoms with Gasteiger partial charge in [-0.05, 0) is 19.3 Å². The summed E-state index contributed by atoms with van der Waals surface area (Å²) in [7, 11) is 0. The van der Waals surface area contributed by atoms with Crippen molar-refractivity contribution in [2.45, 2.75) is 64.2 Å². The van der Waals surface area contributed by atoms with Gasteiger partial charge in [-0.1, -0.05) is 13.8 Å². The standard InChI is InChI=1S/C19H31N7O6/c1-9(2)15(19(31)32)26-18(30)13(6-11-7-22-8-23-11)25-16(28)10(3)24-17(29)12(20)4-5-14(21)27/h7-10,12-13,15H,4-6,20H2,1-3H3,(H2,21,27)(H,22,23)(H,24,29)(H,25,28)(H,26,30)(H,31,32). The number of carboxylic acid groups (broad SMARTS) is 1. The van der Waals surface area contributed by atoms with Crippen LogP contribution in [-0.2, 0) is 30.4 Å². The summed E-state index contributed by atoms with van der Waals surface area (Å²) in [6.07, 6.45) is 2.82. The Bertz CT molecular complexity index is 811. The molecule has 0 bridgehead atoms. The van der Waals surface area contributed by atoms with Gasteiger partial charge in [0.05, 0.1) is 12.4 Å². The van der Waals surface area contributed by atoms with E-state index in [0.29, 0.717) is 5.69 Å². The number of carbonyl (C=O) groups excluding carboxylic acids is 4. The monoisotopic (exact) mass is 453 g/mol. The van der Waals surface area contributed by atoms with Gasteiger partial charge in [-0.3, -0.25) is 19.2 Å². The highest BCUT2D eigenvalue weighted by molar-refractivity contribution is 5.94. The van der Waals surface area contributed by atoms with Crippen LogP contribution in [0.5, 0.6) is 0 Å². The zero-order valence-corrected chi connectivity index (χ0v) is 18.3. The molecule has 0 aliphatic rings. The molecule has 1 heterocycles. The maximum Gasteiger partial charge on any atom is 0.326 e. The molecule has 0 saturated heterocycles. The van der Waals surface area contributed by atoms with Crippen LogP contribution in [0.2, 0.25) is 0 Å². The third-order valence-corrected chi connectivity index (χ3v) is 4.63. The molecule has 0 saturated carbocycles. The van der Waals surface area contributed by atoms with Gasteiger partial charge in [0.2, 0.25) is 23.6 Å². The van der Waals surface area contributed by atoms with Crippen molar-refractivity contribution >= 4 is 29.6 Å². The lowest BCUT2D eigenvalue weighted by atomic mass is 10.0. The number of hydrogen-bond donors (Lipinski definition) is 7. The molecule has 4 unspecified atom stereocenters. The Kier molecular flexibility index (Phi) is 10.3. The van der Waals surface area contributed by atoms with Crippen LogP contribution in [0.1, 0.15) is 39.3 Å². The van der Waals surface area contributed by atoms with E-state index in [-0.39, 0.29) is 25.2 Å². The molecule has 0 fully saturated rings. The van der Waals surface area contributed by atoms with Crippen LogP contribution in [0.25, 0.3) is 0 Å². The molecule has 32 heavy (non-hydrogen) atoms. The van der Waals surface area contributed by atoms with Gasteiger partial charge in [-0.25, -0.2) is 9.78 Å². The van der Waals surface area contributed by atoms with Gasteiger partial charge < -0.3 is 37.5 Å². The number of rotatable bonds is 13. The average molecular weight is 454 g/mol. The normalized spacial score (nSPS) is 14.7. The van der Waals surface area contributed by atoms with Gasteiger partial charge in [0.25, 0.3) is 0 Å². The second-order valence-corrected chi connectivity index (χ2v) is 7.75. The molecular formula is C19H31N7O6. The van der Waals surface area contributed by atoms with Gasteiger partial charge >= 0.3 is 5.97 Å². The van der Waals surface area contributed by atoms with Crippen molar-refractivity contribution in [2.24, 2.45) is 17.4 Å². The molecule has 0 radical (unpaired) electrons. The lowest BCUT2D eigenvalue weighted by molar-refractivity contribution is -0.143. The number of hydrogen-bond acceptors (Lipinski definition) is 7. The Balaban J connectivity index is 2.83. The lowest BCUT2D eigenvalue weighted by Gasteiger charge is -2.24. The highest BCUT2D eigenvalue weighted by Crippen LogP contribution is 2.05. The molecule has 1 rings (SSSR count). The second-order valence-electron chi connectivity index (χ2n) is 7.75. The van der Waals surface area contributed by atoms with Crippen LogP contribution in [-0.4, -0.2) is 68.8 Å². The quantitative estimate of drug-likeness (QED) is 0.172. The number of amides is 4. The minimum absolute atomic E-state index is 0.0147.